The van der Waals surface area contributed by atoms with Gasteiger partial charge in [-0.25, -0.2) is 4.39 Å². The Balaban J connectivity index is 1.71. The third kappa shape index (κ3) is 5.66. The summed E-state index contributed by atoms with van der Waals surface area (Å²) in [5.41, 5.74) is 7.14. The van der Waals surface area contributed by atoms with Crippen molar-refractivity contribution in [2.75, 3.05) is 13.6 Å². The van der Waals surface area contributed by atoms with Crippen LogP contribution in [0.5, 0.6) is 0 Å². The van der Waals surface area contributed by atoms with Crippen LogP contribution in [-0.4, -0.2) is 35.6 Å². The molecule has 5 nitrogen and oxygen atoms in total. The summed E-state index contributed by atoms with van der Waals surface area (Å²) in [6.07, 6.45) is 3.64. The topological polar surface area (TPSA) is 72.4 Å². The molecule has 0 fully saturated rings. The molecule has 1 amide bonds. The van der Waals surface area contributed by atoms with Gasteiger partial charge in [0.2, 0.25) is 5.91 Å². The maximum Gasteiger partial charge on any atom is 0.226 e. The smallest absolute Gasteiger partial charge is 0.226 e. The molecule has 26 heavy (non-hydrogen) atoms. The second-order valence-corrected chi connectivity index (χ2v) is 6.91. The van der Waals surface area contributed by atoms with E-state index in [2.05, 4.69) is 5.16 Å². The number of carbonyl (C=O) groups excluding carboxylic acids is 1. The Labute approximate surface area is 154 Å². The summed E-state index contributed by atoms with van der Waals surface area (Å²) < 4.78 is 18.6. The molecule has 6 heteroatoms. The predicted octanol–water partition coefficient (Wildman–Crippen LogP) is 3.64. The van der Waals surface area contributed by atoms with Crippen LogP contribution in [0.15, 0.2) is 34.9 Å². The fourth-order valence-electron chi connectivity index (χ4n) is 2.72. The lowest BCUT2D eigenvalue weighted by Gasteiger charge is -2.23. The van der Waals surface area contributed by atoms with Crippen molar-refractivity contribution < 1.29 is 13.7 Å². The fraction of sp³-hybridized carbons (Fsp3) is 0.500. The molecule has 0 aliphatic heterocycles. The van der Waals surface area contributed by atoms with Crippen molar-refractivity contribution in [1.82, 2.24) is 10.1 Å². The Morgan fingerprint density at radius 2 is 2.04 bits per heavy atom. The van der Waals surface area contributed by atoms with Crippen molar-refractivity contribution in [3.05, 3.63) is 41.9 Å². The number of nitrogens with zero attached hydrogens (tertiary/aromatic N) is 2. The van der Waals surface area contributed by atoms with E-state index in [1.165, 1.54) is 12.1 Å². The fourth-order valence-corrected chi connectivity index (χ4v) is 2.72. The van der Waals surface area contributed by atoms with E-state index in [0.717, 1.165) is 38.0 Å². The van der Waals surface area contributed by atoms with Crippen LogP contribution in [-0.2, 0) is 11.2 Å². The van der Waals surface area contributed by atoms with Gasteiger partial charge in [0.25, 0.3) is 0 Å². The molecule has 2 aromatic rings. The first-order valence-corrected chi connectivity index (χ1v) is 9.10. The molecule has 2 atom stereocenters. The quantitative estimate of drug-likeness (QED) is 0.692. The number of carbonyl (C=O) groups is 1. The maximum atomic E-state index is 13.3. The van der Waals surface area contributed by atoms with Crippen LogP contribution < -0.4 is 5.73 Å². The van der Waals surface area contributed by atoms with Gasteiger partial charge >= 0.3 is 0 Å². The van der Waals surface area contributed by atoms with E-state index in [9.17, 15) is 9.18 Å². The first-order valence-electron chi connectivity index (χ1n) is 9.10. The summed E-state index contributed by atoms with van der Waals surface area (Å²) in [5.74, 6) is 0.439. The normalized spacial score (nSPS) is 13.4. The number of benzene rings is 1. The molecule has 2 rings (SSSR count). The molecule has 1 aromatic carbocycles. The second-order valence-electron chi connectivity index (χ2n) is 6.91. The number of unbranched alkanes of at least 4 members (excludes halogenated alkanes) is 2. The Morgan fingerprint density at radius 1 is 1.27 bits per heavy atom. The molecule has 0 aliphatic rings. The van der Waals surface area contributed by atoms with E-state index >= 15 is 0 Å². The monoisotopic (exact) mass is 361 g/mol. The highest BCUT2D eigenvalue weighted by Gasteiger charge is 2.20. The molecular formula is C20H28FN3O2. The van der Waals surface area contributed by atoms with Crippen molar-refractivity contribution >= 4 is 5.91 Å². The SMILES string of the molecule is CC(N)C(C)C(=O)N(C)CCCCCc1cc(-c2cccc(F)c2)no1. The first kappa shape index (κ1) is 20.1. The van der Waals surface area contributed by atoms with Crippen LogP contribution in [0.4, 0.5) is 4.39 Å². The third-order valence-electron chi connectivity index (χ3n) is 4.65. The Hall–Kier alpha value is -2.21. The van der Waals surface area contributed by atoms with Gasteiger partial charge in [0, 0.05) is 37.7 Å². The van der Waals surface area contributed by atoms with Gasteiger partial charge in [-0.05, 0) is 31.9 Å². The summed E-state index contributed by atoms with van der Waals surface area (Å²) in [7, 11) is 1.82. The van der Waals surface area contributed by atoms with Gasteiger partial charge < -0.3 is 15.2 Å². The molecule has 0 bridgehead atoms. The van der Waals surface area contributed by atoms with E-state index in [4.69, 9.17) is 10.3 Å². The number of hydrogen-bond donors (Lipinski definition) is 1. The Bertz CT molecular complexity index is 715. The van der Waals surface area contributed by atoms with Crippen LogP contribution in [0.2, 0.25) is 0 Å². The van der Waals surface area contributed by atoms with Crippen molar-refractivity contribution in [3.8, 4) is 11.3 Å². The van der Waals surface area contributed by atoms with Crippen LogP contribution in [0.3, 0.4) is 0 Å². The molecule has 0 spiro atoms. The number of hydrogen-bond acceptors (Lipinski definition) is 4. The molecule has 0 saturated heterocycles. The van der Waals surface area contributed by atoms with Crippen LogP contribution in [0.1, 0.15) is 38.9 Å². The number of aromatic nitrogens is 1. The van der Waals surface area contributed by atoms with Crippen molar-refractivity contribution in [1.29, 1.82) is 0 Å². The Kier molecular flexibility index (Phi) is 7.33. The maximum absolute atomic E-state index is 13.3. The van der Waals surface area contributed by atoms with Crippen LogP contribution >= 0.6 is 0 Å². The highest BCUT2D eigenvalue weighted by atomic mass is 19.1. The van der Waals surface area contributed by atoms with E-state index in [-0.39, 0.29) is 23.7 Å². The lowest BCUT2D eigenvalue weighted by molar-refractivity contribution is -0.134. The summed E-state index contributed by atoms with van der Waals surface area (Å²) in [6, 6.07) is 8.03. The zero-order chi connectivity index (χ0) is 19.1. The molecule has 2 unspecified atom stereocenters. The zero-order valence-corrected chi connectivity index (χ0v) is 15.7. The average molecular weight is 361 g/mol. The highest BCUT2D eigenvalue weighted by molar-refractivity contribution is 5.78. The minimum absolute atomic E-state index is 0.0926. The van der Waals surface area contributed by atoms with Crippen molar-refractivity contribution in [2.24, 2.45) is 11.7 Å². The van der Waals surface area contributed by atoms with Gasteiger partial charge in [0.15, 0.2) is 0 Å². The van der Waals surface area contributed by atoms with E-state index in [1.807, 2.05) is 27.0 Å². The molecule has 0 aliphatic carbocycles. The van der Waals surface area contributed by atoms with E-state index < -0.39 is 0 Å². The number of nitrogens with two attached hydrogens (primary N) is 1. The summed E-state index contributed by atoms with van der Waals surface area (Å²) in [6.45, 7) is 4.44. The van der Waals surface area contributed by atoms with Gasteiger partial charge in [0.1, 0.15) is 17.3 Å². The molecule has 2 N–H and O–H groups in total. The zero-order valence-electron chi connectivity index (χ0n) is 15.7. The van der Waals surface area contributed by atoms with Gasteiger partial charge in [-0.1, -0.05) is 30.6 Å². The van der Waals surface area contributed by atoms with E-state index in [1.54, 1.807) is 17.0 Å². The van der Waals surface area contributed by atoms with Gasteiger partial charge in [-0.2, -0.15) is 0 Å². The molecular weight excluding hydrogens is 333 g/mol. The summed E-state index contributed by atoms with van der Waals surface area (Å²) >= 11 is 0. The number of aryl methyl sites for hydroxylation is 1. The molecule has 1 aromatic heterocycles. The lowest BCUT2D eigenvalue weighted by Crippen LogP contribution is -2.40. The minimum Gasteiger partial charge on any atom is -0.361 e. The highest BCUT2D eigenvalue weighted by Crippen LogP contribution is 2.21. The summed E-state index contributed by atoms with van der Waals surface area (Å²) in [5, 5.41) is 4.01. The van der Waals surface area contributed by atoms with Gasteiger partial charge in [0.05, 0.1) is 5.92 Å². The van der Waals surface area contributed by atoms with Crippen molar-refractivity contribution in [2.45, 2.75) is 45.6 Å². The minimum atomic E-state index is -0.288. The third-order valence-corrected chi connectivity index (χ3v) is 4.65. The van der Waals surface area contributed by atoms with Crippen LogP contribution in [0, 0.1) is 11.7 Å². The molecule has 142 valence electrons. The van der Waals surface area contributed by atoms with Crippen LogP contribution in [0.25, 0.3) is 11.3 Å². The number of amides is 1. The standard InChI is InChI=1S/C20H28FN3O2/c1-14(15(2)22)20(25)24(3)11-6-4-5-10-18-13-19(23-26-18)16-8-7-9-17(21)12-16/h7-9,12-15H,4-6,10-11,22H2,1-3H3. The molecule has 0 radical (unpaired) electrons. The van der Waals surface area contributed by atoms with E-state index in [0.29, 0.717) is 11.3 Å². The predicted molar refractivity (Wildman–Crippen MR) is 99.9 cm³/mol. The largest absolute Gasteiger partial charge is 0.361 e. The van der Waals surface area contributed by atoms with Crippen molar-refractivity contribution in [3.63, 3.8) is 0 Å². The first-order chi connectivity index (χ1) is 12.4. The number of halogens is 1. The average Bonchev–Trinajstić information content (AvgIpc) is 3.08. The molecule has 1 heterocycles. The molecule has 0 saturated carbocycles. The second kappa shape index (κ2) is 9.48. The number of rotatable bonds is 9. The van der Waals surface area contributed by atoms with Gasteiger partial charge in [-0.15, -0.1) is 0 Å². The summed E-state index contributed by atoms with van der Waals surface area (Å²) in [4.78, 5) is 13.9. The lowest BCUT2D eigenvalue weighted by atomic mass is 10.0. The van der Waals surface area contributed by atoms with Gasteiger partial charge in [-0.3, -0.25) is 4.79 Å². The Morgan fingerprint density at radius 3 is 2.73 bits per heavy atom.